The zero-order valence-electron chi connectivity index (χ0n) is 13.0. The van der Waals surface area contributed by atoms with Crippen LogP contribution in [0.15, 0.2) is 30.5 Å². The lowest BCUT2D eigenvalue weighted by Gasteiger charge is -2.39. The molecule has 0 aliphatic carbocycles. The van der Waals surface area contributed by atoms with Crippen LogP contribution in [0, 0.1) is 0 Å². The van der Waals surface area contributed by atoms with Crippen LogP contribution in [0.2, 0.25) is 0 Å². The standard InChI is InChI=1S/C16H23N5/c1-19(2)12-15-9-8-13-6-4-5-7-16(13)21(15)11-14-10-20(3)18-17-14/h4-7,10,15H,8-9,11-12H2,1-3H3. The highest BCUT2D eigenvalue weighted by molar-refractivity contribution is 5.56. The SMILES string of the molecule is CN(C)CC1CCc2ccccc2N1Cc1cn(C)nn1. The summed E-state index contributed by atoms with van der Waals surface area (Å²) in [7, 11) is 6.19. The van der Waals surface area contributed by atoms with Crippen LogP contribution in [-0.4, -0.2) is 46.6 Å². The van der Waals surface area contributed by atoms with Crippen molar-refractivity contribution in [3.8, 4) is 0 Å². The lowest BCUT2D eigenvalue weighted by atomic mass is 9.95. The molecule has 2 aromatic rings. The molecule has 1 aromatic heterocycles. The average molecular weight is 285 g/mol. The smallest absolute Gasteiger partial charge is 0.102 e. The van der Waals surface area contributed by atoms with Crippen LogP contribution in [0.4, 0.5) is 5.69 Å². The summed E-state index contributed by atoms with van der Waals surface area (Å²) in [5, 5.41) is 8.31. The Balaban J connectivity index is 1.89. The Kier molecular flexibility index (Phi) is 3.92. The zero-order valence-corrected chi connectivity index (χ0v) is 13.0. The van der Waals surface area contributed by atoms with Crippen LogP contribution >= 0.6 is 0 Å². The van der Waals surface area contributed by atoms with E-state index in [0.717, 1.165) is 25.2 Å². The molecule has 112 valence electrons. The molecule has 2 heterocycles. The lowest BCUT2D eigenvalue weighted by Crippen LogP contribution is -2.44. The minimum absolute atomic E-state index is 0.525. The van der Waals surface area contributed by atoms with Crippen molar-refractivity contribution in [2.45, 2.75) is 25.4 Å². The van der Waals surface area contributed by atoms with E-state index in [9.17, 15) is 0 Å². The van der Waals surface area contributed by atoms with E-state index in [4.69, 9.17) is 0 Å². The number of fused-ring (bicyclic) bond motifs is 1. The molecule has 1 atom stereocenters. The van der Waals surface area contributed by atoms with E-state index < -0.39 is 0 Å². The van der Waals surface area contributed by atoms with Gasteiger partial charge in [0.25, 0.3) is 0 Å². The number of hydrogen-bond acceptors (Lipinski definition) is 4. The van der Waals surface area contributed by atoms with Crippen molar-refractivity contribution < 1.29 is 0 Å². The maximum absolute atomic E-state index is 4.25. The summed E-state index contributed by atoms with van der Waals surface area (Å²) in [4.78, 5) is 4.76. The number of likely N-dealkylation sites (N-methyl/N-ethyl adjacent to an activating group) is 1. The summed E-state index contributed by atoms with van der Waals surface area (Å²) >= 11 is 0. The van der Waals surface area contributed by atoms with Crippen LogP contribution in [0.5, 0.6) is 0 Å². The predicted octanol–water partition coefficient (Wildman–Crippen LogP) is 1.70. The molecule has 3 rings (SSSR count). The number of aryl methyl sites for hydroxylation is 2. The molecule has 5 nitrogen and oxygen atoms in total. The van der Waals surface area contributed by atoms with Gasteiger partial charge in [-0.25, -0.2) is 0 Å². The number of rotatable bonds is 4. The molecule has 0 saturated heterocycles. The third-order valence-electron chi connectivity index (χ3n) is 4.05. The summed E-state index contributed by atoms with van der Waals surface area (Å²) in [6, 6.07) is 9.25. The van der Waals surface area contributed by atoms with Crippen molar-refractivity contribution >= 4 is 5.69 Å². The molecule has 21 heavy (non-hydrogen) atoms. The Labute approximate surface area is 126 Å². The summed E-state index contributed by atoms with van der Waals surface area (Å²) in [6.45, 7) is 1.89. The molecule has 0 N–H and O–H groups in total. The first-order valence-electron chi connectivity index (χ1n) is 7.48. The average Bonchev–Trinajstić information content (AvgIpc) is 2.86. The number of para-hydroxylation sites is 1. The molecule has 1 unspecified atom stereocenters. The van der Waals surface area contributed by atoms with Crippen molar-refractivity contribution in [2.75, 3.05) is 25.5 Å². The van der Waals surface area contributed by atoms with Crippen molar-refractivity contribution in [3.05, 3.63) is 41.7 Å². The first-order valence-corrected chi connectivity index (χ1v) is 7.48. The summed E-state index contributed by atoms with van der Waals surface area (Å²) in [5.41, 5.74) is 3.82. The molecular weight excluding hydrogens is 262 g/mol. The zero-order chi connectivity index (χ0) is 14.8. The van der Waals surface area contributed by atoms with Crippen molar-refractivity contribution in [1.29, 1.82) is 0 Å². The second-order valence-corrected chi connectivity index (χ2v) is 6.09. The topological polar surface area (TPSA) is 37.2 Å². The van der Waals surface area contributed by atoms with Gasteiger partial charge in [0.2, 0.25) is 0 Å². The van der Waals surface area contributed by atoms with E-state index in [1.807, 2.05) is 13.2 Å². The van der Waals surface area contributed by atoms with Gasteiger partial charge >= 0.3 is 0 Å². The van der Waals surface area contributed by atoms with Gasteiger partial charge in [0.1, 0.15) is 5.69 Å². The van der Waals surface area contributed by atoms with Gasteiger partial charge in [0, 0.05) is 31.5 Å². The van der Waals surface area contributed by atoms with Gasteiger partial charge in [-0.15, -0.1) is 5.10 Å². The van der Waals surface area contributed by atoms with Crippen molar-refractivity contribution in [1.82, 2.24) is 19.9 Å². The Hall–Kier alpha value is -1.88. The molecule has 0 fully saturated rings. The van der Waals surface area contributed by atoms with E-state index in [1.165, 1.54) is 17.7 Å². The van der Waals surface area contributed by atoms with Gasteiger partial charge in [-0.05, 0) is 38.6 Å². The maximum atomic E-state index is 4.25. The highest BCUT2D eigenvalue weighted by atomic mass is 15.4. The molecule has 0 saturated carbocycles. The van der Waals surface area contributed by atoms with Crippen LogP contribution in [-0.2, 0) is 20.0 Å². The molecule has 1 aliphatic rings. The highest BCUT2D eigenvalue weighted by Crippen LogP contribution is 2.31. The molecule has 0 amide bonds. The molecule has 1 aliphatic heterocycles. The second-order valence-electron chi connectivity index (χ2n) is 6.09. The summed E-state index contributed by atoms with van der Waals surface area (Å²) in [5.74, 6) is 0. The molecule has 0 spiro atoms. The second kappa shape index (κ2) is 5.85. The fourth-order valence-electron chi connectivity index (χ4n) is 3.14. The van der Waals surface area contributed by atoms with Gasteiger partial charge in [-0.2, -0.15) is 0 Å². The molecule has 5 heteroatoms. The number of hydrogen-bond donors (Lipinski definition) is 0. The molecule has 0 bridgehead atoms. The van der Waals surface area contributed by atoms with Crippen molar-refractivity contribution in [3.63, 3.8) is 0 Å². The van der Waals surface area contributed by atoms with Crippen molar-refractivity contribution in [2.24, 2.45) is 7.05 Å². The van der Waals surface area contributed by atoms with Crippen LogP contribution in [0.25, 0.3) is 0 Å². The van der Waals surface area contributed by atoms with E-state index in [0.29, 0.717) is 6.04 Å². The Bertz CT molecular complexity index is 604. The van der Waals surface area contributed by atoms with E-state index in [1.54, 1.807) is 4.68 Å². The lowest BCUT2D eigenvalue weighted by molar-refractivity contribution is 0.343. The number of aromatic nitrogens is 3. The van der Waals surface area contributed by atoms with E-state index in [2.05, 4.69) is 58.5 Å². The number of benzene rings is 1. The monoisotopic (exact) mass is 285 g/mol. The summed E-state index contributed by atoms with van der Waals surface area (Å²) in [6.07, 6.45) is 4.35. The third-order valence-corrected chi connectivity index (χ3v) is 4.05. The minimum atomic E-state index is 0.525. The predicted molar refractivity (Wildman–Crippen MR) is 84.3 cm³/mol. The fraction of sp³-hybridized carbons (Fsp3) is 0.500. The van der Waals surface area contributed by atoms with E-state index in [-0.39, 0.29) is 0 Å². The Morgan fingerprint density at radius 1 is 1.29 bits per heavy atom. The highest BCUT2D eigenvalue weighted by Gasteiger charge is 2.27. The Morgan fingerprint density at radius 3 is 2.81 bits per heavy atom. The molecular formula is C16H23N5. The van der Waals surface area contributed by atoms with Gasteiger partial charge in [-0.1, -0.05) is 23.4 Å². The van der Waals surface area contributed by atoms with Crippen LogP contribution in [0.1, 0.15) is 17.7 Å². The van der Waals surface area contributed by atoms with Crippen LogP contribution in [0.3, 0.4) is 0 Å². The van der Waals surface area contributed by atoms with Crippen LogP contribution < -0.4 is 4.90 Å². The minimum Gasteiger partial charge on any atom is -0.361 e. The van der Waals surface area contributed by atoms with E-state index >= 15 is 0 Å². The number of anilines is 1. The van der Waals surface area contributed by atoms with Gasteiger partial charge in [0.05, 0.1) is 6.54 Å². The largest absolute Gasteiger partial charge is 0.361 e. The van der Waals surface area contributed by atoms with Gasteiger partial charge < -0.3 is 9.80 Å². The van der Waals surface area contributed by atoms with Gasteiger partial charge in [0.15, 0.2) is 0 Å². The van der Waals surface area contributed by atoms with Gasteiger partial charge in [-0.3, -0.25) is 4.68 Å². The maximum Gasteiger partial charge on any atom is 0.102 e. The third kappa shape index (κ3) is 3.08. The Morgan fingerprint density at radius 2 is 2.10 bits per heavy atom. The summed E-state index contributed by atoms with van der Waals surface area (Å²) < 4.78 is 1.77. The first kappa shape index (κ1) is 14.1. The fourth-order valence-corrected chi connectivity index (χ4v) is 3.14. The quantitative estimate of drug-likeness (QED) is 0.857. The molecule has 0 radical (unpaired) electrons. The molecule has 1 aromatic carbocycles. The normalized spacial score (nSPS) is 18.1. The number of nitrogens with zero attached hydrogens (tertiary/aromatic N) is 5. The first-order chi connectivity index (χ1) is 10.1.